The standard InChI is InChI=1S/C24H19F2N9O2/c1-13-9-16(11-27)33-35(13)23-17(14(2)36)4-7-21(30-23)34-12-28-18-10-15(3-5-19(18)34)29-20-6-8-22(32-31-20)37-24(25)26/h3-10,12,14,24,36H,1-2H3,(H,29,31). The van der Waals surface area contributed by atoms with Crippen LogP contribution in [-0.2, 0) is 0 Å². The number of anilines is 2. The fraction of sp³-hybridized carbons (Fsp3) is 0.167. The molecule has 5 aromatic rings. The number of fused-ring (bicyclic) bond motifs is 1. The molecule has 5 rings (SSSR count). The van der Waals surface area contributed by atoms with E-state index in [1.54, 1.807) is 55.1 Å². The number of rotatable bonds is 7. The molecule has 13 heteroatoms. The number of halogens is 2. The van der Waals surface area contributed by atoms with Crippen LogP contribution in [0.4, 0.5) is 20.3 Å². The lowest BCUT2D eigenvalue weighted by Crippen LogP contribution is -2.10. The van der Waals surface area contributed by atoms with Crippen LogP contribution in [0.5, 0.6) is 5.88 Å². The molecule has 0 spiro atoms. The van der Waals surface area contributed by atoms with E-state index in [1.165, 1.54) is 16.8 Å². The summed E-state index contributed by atoms with van der Waals surface area (Å²) in [5.74, 6) is 1.00. The maximum Gasteiger partial charge on any atom is 0.388 e. The third-order valence-corrected chi connectivity index (χ3v) is 5.46. The third-order valence-electron chi connectivity index (χ3n) is 5.46. The molecule has 2 N–H and O–H groups in total. The smallest absolute Gasteiger partial charge is 0.388 e. The first-order valence-electron chi connectivity index (χ1n) is 11.0. The van der Waals surface area contributed by atoms with Crippen molar-refractivity contribution in [3.63, 3.8) is 0 Å². The molecule has 1 atom stereocenters. The van der Waals surface area contributed by atoms with Crippen LogP contribution in [0.2, 0.25) is 0 Å². The first kappa shape index (κ1) is 23.8. The van der Waals surface area contributed by atoms with Crippen LogP contribution >= 0.6 is 0 Å². The Morgan fingerprint density at radius 2 is 1.95 bits per heavy atom. The van der Waals surface area contributed by atoms with Gasteiger partial charge in [0.2, 0.25) is 5.88 Å². The lowest BCUT2D eigenvalue weighted by atomic mass is 10.1. The summed E-state index contributed by atoms with van der Waals surface area (Å²) >= 11 is 0. The summed E-state index contributed by atoms with van der Waals surface area (Å²) in [5, 5.41) is 34.3. The van der Waals surface area contributed by atoms with Crippen molar-refractivity contribution in [2.45, 2.75) is 26.6 Å². The molecule has 186 valence electrons. The predicted molar refractivity (Wildman–Crippen MR) is 128 cm³/mol. The van der Waals surface area contributed by atoms with Gasteiger partial charge < -0.3 is 15.2 Å². The summed E-state index contributed by atoms with van der Waals surface area (Å²) in [6.07, 6.45) is 0.813. The Balaban J connectivity index is 1.47. The largest absolute Gasteiger partial charge is 0.415 e. The van der Waals surface area contributed by atoms with Crippen LogP contribution in [0.25, 0.3) is 22.7 Å². The van der Waals surface area contributed by atoms with Gasteiger partial charge in [-0.2, -0.15) is 19.1 Å². The number of ether oxygens (including phenoxy) is 1. The third kappa shape index (κ3) is 4.78. The van der Waals surface area contributed by atoms with Gasteiger partial charge >= 0.3 is 6.61 Å². The van der Waals surface area contributed by atoms with Crippen LogP contribution < -0.4 is 10.1 Å². The van der Waals surface area contributed by atoms with Crippen molar-refractivity contribution in [2.24, 2.45) is 0 Å². The first-order valence-corrected chi connectivity index (χ1v) is 11.0. The molecular weight excluding hydrogens is 484 g/mol. The monoisotopic (exact) mass is 503 g/mol. The maximum atomic E-state index is 12.3. The normalized spacial score (nSPS) is 12.0. The molecule has 0 aliphatic rings. The minimum absolute atomic E-state index is 0.246. The SMILES string of the molecule is Cc1cc(C#N)nn1-c1nc(-n2cnc3cc(Nc4ccc(OC(F)F)nn4)ccc32)ccc1C(C)O. The number of pyridine rings is 1. The van der Waals surface area contributed by atoms with Crippen LogP contribution in [0, 0.1) is 18.3 Å². The number of aliphatic hydroxyl groups is 1. The number of alkyl halides is 2. The second-order valence-corrected chi connectivity index (χ2v) is 8.03. The number of nitrogens with one attached hydrogen (secondary N) is 1. The number of hydrogen-bond acceptors (Lipinski definition) is 9. The maximum absolute atomic E-state index is 12.3. The molecular formula is C24H19F2N9O2. The van der Waals surface area contributed by atoms with Crippen molar-refractivity contribution in [1.29, 1.82) is 5.26 Å². The minimum Gasteiger partial charge on any atom is -0.415 e. The zero-order valence-electron chi connectivity index (χ0n) is 19.5. The quantitative estimate of drug-likeness (QED) is 0.338. The Hall–Kier alpha value is -4.96. The van der Waals surface area contributed by atoms with E-state index in [2.05, 4.69) is 30.3 Å². The molecule has 11 nitrogen and oxygen atoms in total. The molecule has 0 fully saturated rings. The van der Waals surface area contributed by atoms with Gasteiger partial charge in [-0.3, -0.25) is 4.57 Å². The minimum atomic E-state index is -2.97. The number of benzene rings is 1. The highest BCUT2D eigenvalue weighted by molar-refractivity contribution is 5.82. The van der Waals surface area contributed by atoms with E-state index in [0.717, 1.165) is 5.52 Å². The van der Waals surface area contributed by atoms with Gasteiger partial charge in [-0.15, -0.1) is 10.2 Å². The van der Waals surface area contributed by atoms with Crippen LogP contribution in [-0.4, -0.2) is 46.2 Å². The van der Waals surface area contributed by atoms with Crippen LogP contribution in [0.3, 0.4) is 0 Å². The summed E-state index contributed by atoms with van der Waals surface area (Å²) in [6.45, 7) is 0.464. The van der Waals surface area contributed by atoms with E-state index >= 15 is 0 Å². The number of aliphatic hydroxyl groups excluding tert-OH is 1. The summed E-state index contributed by atoms with van der Waals surface area (Å²) in [7, 11) is 0. The van der Waals surface area contributed by atoms with Crippen molar-refractivity contribution < 1.29 is 18.6 Å². The lowest BCUT2D eigenvalue weighted by molar-refractivity contribution is -0.0534. The Labute approximate surface area is 208 Å². The van der Waals surface area contributed by atoms with Crippen molar-refractivity contribution in [3.05, 3.63) is 71.8 Å². The zero-order chi connectivity index (χ0) is 26.1. The summed E-state index contributed by atoms with van der Waals surface area (Å²) in [5.41, 5.74) is 3.57. The van der Waals surface area contributed by atoms with Crippen LogP contribution in [0.15, 0.2) is 54.9 Å². The van der Waals surface area contributed by atoms with Crippen molar-refractivity contribution >= 4 is 22.5 Å². The molecule has 0 aliphatic heterocycles. The molecule has 4 heterocycles. The average Bonchev–Trinajstić information content (AvgIpc) is 3.47. The highest BCUT2D eigenvalue weighted by Gasteiger charge is 2.18. The average molecular weight is 503 g/mol. The van der Waals surface area contributed by atoms with E-state index in [1.807, 2.05) is 12.1 Å². The van der Waals surface area contributed by atoms with E-state index < -0.39 is 12.7 Å². The van der Waals surface area contributed by atoms with Gasteiger partial charge in [0, 0.05) is 23.0 Å². The van der Waals surface area contributed by atoms with Gasteiger partial charge in [0.15, 0.2) is 17.3 Å². The van der Waals surface area contributed by atoms with Gasteiger partial charge in [-0.05, 0) is 56.3 Å². The second-order valence-electron chi connectivity index (χ2n) is 8.03. The highest BCUT2D eigenvalue weighted by Crippen LogP contribution is 2.26. The van der Waals surface area contributed by atoms with Gasteiger partial charge in [-0.25, -0.2) is 14.6 Å². The fourth-order valence-corrected chi connectivity index (χ4v) is 3.78. The number of aromatic nitrogens is 7. The molecule has 0 radical (unpaired) electrons. The number of nitriles is 1. The Morgan fingerprint density at radius 1 is 1.11 bits per heavy atom. The van der Waals surface area contributed by atoms with E-state index in [9.17, 15) is 19.1 Å². The fourth-order valence-electron chi connectivity index (χ4n) is 3.78. The highest BCUT2D eigenvalue weighted by atomic mass is 19.3. The van der Waals surface area contributed by atoms with E-state index in [0.29, 0.717) is 39.9 Å². The number of imidazole rings is 1. The number of hydrogen-bond donors (Lipinski definition) is 2. The summed E-state index contributed by atoms with van der Waals surface area (Å²) < 4.78 is 32.1. The van der Waals surface area contributed by atoms with Crippen molar-refractivity contribution in [2.75, 3.05) is 5.32 Å². The zero-order valence-corrected chi connectivity index (χ0v) is 19.5. The van der Waals surface area contributed by atoms with Gasteiger partial charge in [0.25, 0.3) is 0 Å². The van der Waals surface area contributed by atoms with Crippen LogP contribution in [0.1, 0.15) is 30.0 Å². The molecule has 1 unspecified atom stereocenters. The first-order chi connectivity index (χ1) is 17.8. The predicted octanol–water partition coefficient (Wildman–Crippen LogP) is 3.97. The van der Waals surface area contributed by atoms with E-state index in [-0.39, 0.29) is 11.6 Å². The Bertz CT molecular complexity index is 1620. The molecule has 0 aliphatic carbocycles. The molecule has 0 saturated carbocycles. The molecule has 1 aromatic carbocycles. The van der Waals surface area contributed by atoms with Gasteiger partial charge in [0.1, 0.15) is 18.2 Å². The van der Waals surface area contributed by atoms with Crippen molar-refractivity contribution in [3.8, 4) is 23.6 Å². The summed E-state index contributed by atoms with van der Waals surface area (Å²) in [4.78, 5) is 9.21. The van der Waals surface area contributed by atoms with Crippen molar-refractivity contribution in [1.82, 2.24) is 34.5 Å². The molecule has 0 saturated heterocycles. The van der Waals surface area contributed by atoms with Gasteiger partial charge in [-0.1, -0.05) is 0 Å². The summed E-state index contributed by atoms with van der Waals surface area (Å²) in [6, 6.07) is 15.4. The Kier molecular flexibility index (Phi) is 6.16. The molecule has 4 aromatic heterocycles. The van der Waals surface area contributed by atoms with E-state index in [4.69, 9.17) is 4.98 Å². The lowest BCUT2D eigenvalue weighted by Gasteiger charge is -2.14. The van der Waals surface area contributed by atoms with Gasteiger partial charge in [0.05, 0.1) is 17.1 Å². The Morgan fingerprint density at radius 3 is 2.62 bits per heavy atom. The topological polar surface area (TPSA) is 140 Å². The molecule has 0 amide bonds. The second kappa shape index (κ2) is 9.59. The molecule has 0 bridgehead atoms. The number of aryl methyl sites for hydroxylation is 1. The number of nitrogens with zero attached hydrogens (tertiary/aromatic N) is 8. The molecule has 37 heavy (non-hydrogen) atoms.